The molecule has 0 amide bonds. The van der Waals surface area contributed by atoms with Gasteiger partial charge in [-0.05, 0) is 109 Å². The lowest BCUT2D eigenvalue weighted by molar-refractivity contribution is -0.384. The van der Waals surface area contributed by atoms with E-state index in [1.54, 1.807) is 0 Å². The van der Waals surface area contributed by atoms with E-state index in [2.05, 4.69) is 49.8 Å². The Morgan fingerprint density at radius 2 is 0.882 bits per heavy atom. The number of rotatable bonds is 22. The van der Waals surface area contributed by atoms with Gasteiger partial charge in [-0.3, -0.25) is 42.2 Å². The Morgan fingerprint density at radius 1 is 0.452 bits per heavy atom. The monoisotopic (exact) mass is 1440 g/mol. The fraction of sp³-hybridized carbons (Fsp3) is 0.0435. The minimum absolute atomic E-state index is 0.0883. The maximum atomic E-state index is 13.5. The largest absolute Gasteiger partial charge is 0.505 e. The van der Waals surface area contributed by atoms with Gasteiger partial charge in [0.1, 0.15) is 52.9 Å². The van der Waals surface area contributed by atoms with Crippen LogP contribution in [0, 0.1) is 10.1 Å². The Labute approximate surface area is 522 Å². The Morgan fingerprint density at radius 3 is 1.37 bits per heavy atom. The molecule has 8 aromatic rings. The van der Waals surface area contributed by atoms with E-state index < -0.39 is 205 Å². The number of benzene rings is 8. The topological polar surface area (TPSA) is 650 Å². The predicted molar refractivity (Wildman–Crippen MR) is 319 cm³/mol. The molecule has 0 spiro atoms. The van der Waals surface area contributed by atoms with Crippen molar-refractivity contribution >= 4 is 171 Å². The quantitative estimate of drug-likeness (QED) is 0.0101. The molecule has 93 heavy (non-hydrogen) atoms. The minimum atomic E-state index is -5.55. The van der Waals surface area contributed by atoms with E-state index in [1.807, 2.05) is 0 Å². The van der Waals surface area contributed by atoms with Crippen LogP contribution in [0.3, 0.4) is 0 Å². The first kappa shape index (κ1) is 69.3. The highest BCUT2D eigenvalue weighted by molar-refractivity contribution is 7.93. The number of phenols is 2. The summed E-state index contributed by atoms with van der Waals surface area (Å²) in [7, 11) is -41.4. The third-order valence-corrected chi connectivity index (χ3v) is 20.2. The average molecular weight is 1450 g/mol. The number of phenolic OH excluding ortho intramolecular Hbond substituents is 2. The summed E-state index contributed by atoms with van der Waals surface area (Å²) in [6, 6.07) is 16.3. The third kappa shape index (κ3) is 15.7. The van der Waals surface area contributed by atoms with Crippen LogP contribution in [-0.4, -0.2) is 122 Å². The van der Waals surface area contributed by atoms with E-state index in [1.165, 1.54) is 0 Å². The van der Waals surface area contributed by atoms with Gasteiger partial charge >= 0.3 is 10.4 Å². The summed E-state index contributed by atoms with van der Waals surface area (Å²) in [5.74, 6) is -3.70. The summed E-state index contributed by atoms with van der Waals surface area (Å²) in [4.78, 5) is 2.82. The fourth-order valence-electron chi connectivity index (χ4n) is 8.12. The maximum Gasteiger partial charge on any atom is 0.397 e. The molecule has 0 atom stereocenters. The zero-order valence-corrected chi connectivity index (χ0v) is 51.7. The van der Waals surface area contributed by atoms with Gasteiger partial charge in [0.05, 0.1) is 66.3 Å². The van der Waals surface area contributed by atoms with Gasteiger partial charge in [0.15, 0.2) is 21.3 Å². The summed E-state index contributed by atoms with van der Waals surface area (Å²) in [6.45, 7) is -1.15. The molecule has 8 aromatic carbocycles. The van der Waals surface area contributed by atoms with E-state index in [9.17, 15) is 110 Å². The normalized spacial score (nSPS) is 13.3. The zero-order chi connectivity index (χ0) is 68.9. The lowest BCUT2D eigenvalue weighted by atomic mass is 10.0. The molecule has 0 radical (unpaired) electrons. The SMILES string of the molecule is Nc1c(/N=N/c2ccc([N+](=O)[O-])cc2)c(S(=O)(=O)O)cc2cc(S(=O)(=O)O)c(/N=N/c3ccc(S(=O)(=O)Nc4ccc(/N=N/c5c(S(=O)(=O)O)cc6c(S(=O)(=O)O)cc(/N=N/c7ccc(S(=O)(=O)CCOS(=O)(=O)O)cc7S(=O)(=O)O)c(N)c6c5O)cc4)cc3)c(O)c12. The Hall–Kier alpha value is -9.60. The highest BCUT2D eigenvalue weighted by Gasteiger charge is 2.31. The lowest BCUT2D eigenvalue weighted by Crippen LogP contribution is -2.16. The number of nitro groups is 1. The van der Waals surface area contributed by atoms with Crippen LogP contribution in [-0.2, 0) is 85.0 Å². The summed E-state index contributed by atoms with van der Waals surface area (Å²) >= 11 is 0. The lowest BCUT2D eigenvalue weighted by Gasteiger charge is -2.14. The van der Waals surface area contributed by atoms with E-state index in [0.29, 0.717) is 42.5 Å². The van der Waals surface area contributed by atoms with Crippen molar-refractivity contribution in [1.29, 1.82) is 0 Å². The van der Waals surface area contributed by atoms with Crippen molar-refractivity contribution in [3.8, 4) is 11.5 Å². The number of nitrogens with two attached hydrogens (primary N) is 2. The van der Waals surface area contributed by atoms with Crippen molar-refractivity contribution in [2.45, 2.75) is 34.3 Å². The molecule has 39 nitrogen and oxygen atoms in total. The number of fused-ring (bicyclic) bond motifs is 2. The molecular formula is C46H36N12O27S8. The van der Waals surface area contributed by atoms with Gasteiger partial charge in [-0.2, -0.15) is 65.8 Å². The maximum absolute atomic E-state index is 13.5. The minimum Gasteiger partial charge on any atom is -0.505 e. The number of aromatic hydroxyl groups is 2. The summed E-state index contributed by atoms with van der Waals surface area (Å²) in [5, 5.41) is 60.8. The van der Waals surface area contributed by atoms with Crippen LogP contribution in [0.1, 0.15) is 0 Å². The molecule has 0 unspecified atom stereocenters. The molecule has 47 heteroatoms. The molecule has 0 saturated carbocycles. The van der Waals surface area contributed by atoms with Gasteiger partial charge < -0.3 is 21.7 Å². The summed E-state index contributed by atoms with van der Waals surface area (Å²) < 4.78 is 265. The van der Waals surface area contributed by atoms with Crippen LogP contribution in [0.2, 0.25) is 0 Å². The molecule has 0 saturated heterocycles. The highest BCUT2D eigenvalue weighted by Crippen LogP contribution is 2.50. The number of nitrogens with zero attached hydrogens (tertiary/aromatic N) is 9. The summed E-state index contributed by atoms with van der Waals surface area (Å²) in [5.41, 5.74) is 4.98. The van der Waals surface area contributed by atoms with Crippen LogP contribution < -0.4 is 16.2 Å². The molecule has 0 aliphatic rings. The van der Waals surface area contributed by atoms with Crippen LogP contribution in [0.15, 0.2) is 190 Å². The number of anilines is 3. The second kappa shape index (κ2) is 25.1. The third-order valence-electron chi connectivity index (χ3n) is 12.3. The molecule has 0 aliphatic carbocycles. The van der Waals surface area contributed by atoms with Crippen molar-refractivity contribution in [3.05, 3.63) is 125 Å². The van der Waals surface area contributed by atoms with E-state index in [0.717, 1.165) is 72.8 Å². The van der Waals surface area contributed by atoms with Gasteiger partial charge in [0.2, 0.25) is 0 Å². The van der Waals surface area contributed by atoms with Gasteiger partial charge in [0.25, 0.3) is 66.3 Å². The number of azo groups is 4. The number of hydrogen-bond acceptors (Lipinski definition) is 31. The van der Waals surface area contributed by atoms with Crippen molar-refractivity contribution in [2.75, 3.05) is 28.5 Å². The molecule has 0 bridgehead atoms. The van der Waals surface area contributed by atoms with Crippen molar-refractivity contribution in [2.24, 2.45) is 40.9 Å². The average Bonchev–Trinajstić information content (AvgIpc) is 0.745. The second-order valence-electron chi connectivity index (χ2n) is 18.4. The van der Waals surface area contributed by atoms with Crippen molar-refractivity contribution in [3.63, 3.8) is 0 Å². The second-order valence-corrected chi connectivity index (χ2v) is 30.2. The first-order valence-electron chi connectivity index (χ1n) is 24.1. The predicted octanol–water partition coefficient (Wildman–Crippen LogP) is 7.77. The van der Waals surface area contributed by atoms with E-state index in [-0.39, 0.29) is 28.4 Å². The van der Waals surface area contributed by atoms with Crippen molar-refractivity contribution in [1.82, 2.24) is 0 Å². The van der Waals surface area contributed by atoms with E-state index in [4.69, 9.17) is 16.0 Å². The van der Waals surface area contributed by atoms with Crippen molar-refractivity contribution < 1.29 is 114 Å². The molecular weight excluding hydrogens is 1410 g/mol. The van der Waals surface area contributed by atoms with Crippen LogP contribution in [0.5, 0.6) is 11.5 Å². The van der Waals surface area contributed by atoms with Crippen LogP contribution in [0.25, 0.3) is 21.5 Å². The standard InChI is InChI=1S/C46H36N12O27S8/c47-40-32(53-52-31-14-13-29(19-34(31)89(70,71)72)86(63,64)16-15-85-93(82,83)84)21-33(88(67,68)69)30-20-37(92(79,80)81)44(46(60)39(30)40)56-50-23-1-3-26(4-2-23)57-87(65,66)28-11-7-25(8-12-28)51-55-43-36(91(76,77)78)18-22-17-35(90(73,74)75)42(41(48)38(22)45(43)59)54-49-24-5-9-27(10-6-24)58(61)62/h1-14,17-21,57,59-60H,15-16,47-48H2,(H,67,68,69)(H,70,71,72)(H,73,74,75)(H,76,77,78)(H,79,80,81)(H,82,83,84)/b53-52+,54-49+,55-51+,56-50+. The first-order valence-corrected chi connectivity index (χ1v) is 35.8. The Balaban J connectivity index is 1.07. The molecule has 0 heterocycles. The number of hydrogen-bond donors (Lipinski definition) is 11. The molecule has 0 aliphatic heterocycles. The fourth-order valence-corrected chi connectivity index (χ4v) is 14.1. The van der Waals surface area contributed by atoms with Gasteiger partial charge in [-0.1, -0.05) is 0 Å². The van der Waals surface area contributed by atoms with Gasteiger partial charge in [-0.25, -0.2) is 21.0 Å². The molecule has 8 rings (SSSR count). The molecule has 13 N–H and O–H groups in total. The summed E-state index contributed by atoms with van der Waals surface area (Å²) in [6.07, 6.45) is 0. The highest BCUT2D eigenvalue weighted by atomic mass is 32.3. The number of sulfonamides is 1. The Bertz CT molecular complexity index is 5590. The smallest absolute Gasteiger partial charge is 0.397 e. The van der Waals surface area contributed by atoms with Crippen LogP contribution in [0.4, 0.5) is 68.2 Å². The number of nitro benzene ring substituents is 1. The molecule has 490 valence electrons. The number of non-ortho nitro benzene ring substituents is 1. The van der Waals surface area contributed by atoms with Crippen LogP contribution >= 0.6 is 0 Å². The number of nitrogen functional groups attached to an aromatic ring is 2. The van der Waals surface area contributed by atoms with Gasteiger partial charge in [0, 0.05) is 23.2 Å². The number of nitrogens with one attached hydrogen (secondary N) is 1. The number of sulfone groups is 1. The molecule has 0 aromatic heterocycles. The Kier molecular flexibility index (Phi) is 18.7. The first-order chi connectivity index (χ1) is 42.9. The van der Waals surface area contributed by atoms with E-state index >= 15 is 0 Å². The zero-order valence-electron chi connectivity index (χ0n) is 45.2. The molecule has 0 fully saturated rings. The van der Waals surface area contributed by atoms with Gasteiger partial charge in [-0.15, -0.1) is 25.6 Å².